The number of hydrogen-bond acceptors (Lipinski definition) is 3. The first-order valence-electron chi connectivity index (χ1n) is 8.03. The van der Waals surface area contributed by atoms with E-state index < -0.39 is 12.1 Å². The van der Waals surface area contributed by atoms with Gasteiger partial charge in [0.15, 0.2) is 0 Å². The summed E-state index contributed by atoms with van der Waals surface area (Å²) in [6.45, 7) is 0.287. The van der Waals surface area contributed by atoms with Gasteiger partial charge in [-0.3, -0.25) is 0 Å². The zero-order valence-corrected chi connectivity index (χ0v) is 14.1. The molecule has 0 saturated carbocycles. The molecule has 3 N–H and O–H groups in total. The van der Waals surface area contributed by atoms with Crippen LogP contribution in [0.25, 0.3) is 5.65 Å². The lowest BCUT2D eigenvalue weighted by molar-refractivity contribution is 0.142. The number of imidazole rings is 1. The lowest BCUT2D eigenvalue weighted by atomic mass is 10.1. The lowest BCUT2D eigenvalue weighted by Gasteiger charge is -2.18. The van der Waals surface area contributed by atoms with Crippen LogP contribution in [0.1, 0.15) is 22.9 Å². The van der Waals surface area contributed by atoms with E-state index >= 15 is 0 Å². The molecule has 2 aromatic heterocycles. The maximum Gasteiger partial charge on any atom is 0.315 e. The summed E-state index contributed by atoms with van der Waals surface area (Å²) in [7, 11) is 0. The number of fused-ring (bicyclic) bond motifs is 2. The molecule has 1 aliphatic carbocycles. The summed E-state index contributed by atoms with van der Waals surface area (Å²) in [5.74, 6) is 0. The minimum Gasteiger partial charge on any atom is -0.390 e. The van der Waals surface area contributed by atoms with Crippen LogP contribution in [0.15, 0.2) is 48.8 Å². The minimum absolute atomic E-state index is 0.287. The molecule has 2 unspecified atom stereocenters. The van der Waals surface area contributed by atoms with E-state index in [1.54, 1.807) is 12.3 Å². The van der Waals surface area contributed by atoms with Gasteiger partial charge in [0.2, 0.25) is 0 Å². The number of carbonyl (C=O) groups is 1. The Kier molecular flexibility index (Phi) is 4.07. The number of rotatable bonds is 3. The topological polar surface area (TPSA) is 78.7 Å². The molecule has 6 nitrogen and oxygen atoms in total. The molecule has 2 heterocycles. The third kappa shape index (κ3) is 3.18. The number of aromatic nitrogens is 2. The van der Waals surface area contributed by atoms with E-state index in [9.17, 15) is 9.90 Å². The third-order valence-corrected chi connectivity index (χ3v) is 4.61. The zero-order chi connectivity index (χ0) is 17.4. The van der Waals surface area contributed by atoms with Crippen molar-refractivity contribution in [3.63, 3.8) is 0 Å². The van der Waals surface area contributed by atoms with Gasteiger partial charge in [-0.05, 0) is 23.3 Å². The fourth-order valence-electron chi connectivity index (χ4n) is 3.21. The maximum atomic E-state index is 12.2. The summed E-state index contributed by atoms with van der Waals surface area (Å²) in [6.07, 6.45) is 3.52. The van der Waals surface area contributed by atoms with Gasteiger partial charge >= 0.3 is 6.03 Å². The van der Waals surface area contributed by atoms with Crippen molar-refractivity contribution >= 4 is 23.3 Å². The maximum absolute atomic E-state index is 12.2. The van der Waals surface area contributed by atoms with Crippen molar-refractivity contribution < 1.29 is 9.90 Å². The van der Waals surface area contributed by atoms with Crippen LogP contribution in [0.5, 0.6) is 0 Å². The van der Waals surface area contributed by atoms with Gasteiger partial charge in [-0.2, -0.15) is 0 Å². The van der Waals surface area contributed by atoms with Gasteiger partial charge in [-0.25, -0.2) is 9.78 Å². The van der Waals surface area contributed by atoms with E-state index in [0.717, 1.165) is 22.5 Å². The third-order valence-electron chi connectivity index (χ3n) is 4.39. The molecule has 7 heteroatoms. The molecule has 25 heavy (non-hydrogen) atoms. The molecule has 128 valence electrons. The van der Waals surface area contributed by atoms with Crippen molar-refractivity contribution in [1.82, 2.24) is 20.0 Å². The first-order chi connectivity index (χ1) is 12.1. The number of carbonyl (C=O) groups excluding carboxylic acids is 1. The number of nitrogens with zero attached hydrogens (tertiary/aromatic N) is 2. The number of benzene rings is 1. The summed E-state index contributed by atoms with van der Waals surface area (Å²) < 4.78 is 1.81. The molecular weight excluding hydrogens is 340 g/mol. The Hall–Kier alpha value is -2.57. The number of amides is 2. The summed E-state index contributed by atoms with van der Waals surface area (Å²) in [5.41, 5.74) is 3.52. The predicted molar refractivity (Wildman–Crippen MR) is 94.5 cm³/mol. The van der Waals surface area contributed by atoms with Crippen molar-refractivity contribution in [2.24, 2.45) is 0 Å². The highest BCUT2D eigenvalue weighted by Crippen LogP contribution is 2.31. The highest BCUT2D eigenvalue weighted by Gasteiger charge is 2.31. The normalized spacial score (nSPS) is 19.0. The first kappa shape index (κ1) is 15.9. The Labute approximate surface area is 149 Å². The van der Waals surface area contributed by atoms with Crippen LogP contribution >= 0.6 is 11.6 Å². The van der Waals surface area contributed by atoms with Crippen LogP contribution in [0.4, 0.5) is 4.79 Å². The van der Waals surface area contributed by atoms with E-state index in [1.807, 2.05) is 40.9 Å². The number of nitrogens with one attached hydrogen (secondary N) is 2. The van der Waals surface area contributed by atoms with Crippen molar-refractivity contribution in [2.75, 3.05) is 0 Å². The number of hydrogen-bond donors (Lipinski definition) is 3. The van der Waals surface area contributed by atoms with E-state index in [1.165, 1.54) is 0 Å². The summed E-state index contributed by atoms with van der Waals surface area (Å²) in [4.78, 5) is 16.6. The second kappa shape index (κ2) is 6.38. The molecular formula is C18H17ClN4O2. The predicted octanol–water partition coefficient (Wildman–Crippen LogP) is 2.45. The van der Waals surface area contributed by atoms with E-state index in [0.29, 0.717) is 11.4 Å². The smallest absolute Gasteiger partial charge is 0.315 e. The minimum atomic E-state index is -0.611. The van der Waals surface area contributed by atoms with Gasteiger partial charge in [-0.15, -0.1) is 0 Å². The van der Waals surface area contributed by atoms with Crippen LogP contribution in [-0.2, 0) is 13.0 Å². The molecule has 0 fully saturated rings. The molecule has 0 aliphatic heterocycles. The number of halogens is 1. The lowest BCUT2D eigenvalue weighted by Crippen LogP contribution is -2.40. The molecule has 1 aromatic carbocycles. The molecule has 0 radical (unpaired) electrons. The molecule has 1 aliphatic rings. The van der Waals surface area contributed by atoms with Gasteiger partial charge in [0.1, 0.15) is 5.65 Å². The van der Waals surface area contributed by atoms with Crippen molar-refractivity contribution in [3.05, 3.63) is 70.6 Å². The Morgan fingerprint density at radius 3 is 3.00 bits per heavy atom. The van der Waals surface area contributed by atoms with Gasteiger partial charge < -0.3 is 20.1 Å². The molecule has 2 amide bonds. The molecule has 4 rings (SSSR count). The van der Waals surface area contributed by atoms with Gasteiger partial charge in [-0.1, -0.05) is 35.9 Å². The van der Waals surface area contributed by atoms with E-state index in [-0.39, 0.29) is 12.6 Å². The Bertz CT molecular complexity index is 940. The number of pyridine rings is 1. The number of urea groups is 1. The SMILES string of the molecule is O=C(NCc1cn2cc(Cl)ccc2n1)NC1c2ccccc2CC1O. The molecule has 0 spiro atoms. The van der Waals surface area contributed by atoms with Crippen LogP contribution in [-0.4, -0.2) is 26.6 Å². The summed E-state index contributed by atoms with van der Waals surface area (Å²) in [6, 6.07) is 10.6. The fraction of sp³-hybridized carbons (Fsp3) is 0.222. The van der Waals surface area contributed by atoms with E-state index in [4.69, 9.17) is 11.6 Å². The average molecular weight is 357 g/mol. The highest BCUT2D eigenvalue weighted by atomic mass is 35.5. The standard InChI is InChI=1S/C18H17ClN4O2/c19-12-5-6-16-21-13(10-23(16)9-12)8-20-18(25)22-17-14-4-2-1-3-11(14)7-15(17)24/h1-6,9-10,15,17,24H,7-8H2,(H2,20,22,25). The summed E-state index contributed by atoms with van der Waals surface area (Å²) >= 11 is 5.95. The molecule has 2 atom stereocenters. The van der Waals surface area contributed by atoms with Crippen molar-refractivity contribution in [1.29, 1.82) is 0 Å². The first-order valence-corrected chi connectivity index (χ1v) is 8.41. The van der Waals surface area contributed by atoms with Gasteiger partial charge in [0.25, 0.3) is 0 Å². The van der Waals surface area contributed by atoms with Crippen LogP contribution in [0, 0.1) is 0 Å². The molecule has 3 aromatic rings. The molecule has 0 saturated heterocycles. The van der Waals surface area contributed by atoms with Crippen LogP contribution in [0.3, 0.4) is 0 Å². The van der Waals surface area contributed by atoms with Crippen molar-refractivity contribution in [2.45, 2.75) is 25.1 Å². The van der Waals surface area contributed by atoms with Gasteiger partial charge in [0.05, 0.1) is 29.4 Å². The number of aliphatic hydroxyl groups excluding tert-OH is 1. The Balaban J connectivity index is 1.40. The molecule has 0 bridgehead atoms. The second-order valence-corrected chi connectivity index (χ2v) is 6.56. The summed E-state index contributed by atoms with van der Waals surface area (Å²) in [5, 5.41) is 16.4. The second-order valence-electron chi connectivity index (χ2n) is 6.12. The van der Waals surface area contributed by atoms with Crippen LogP contribution < -0.4 is 10.6 Å². The number of aliphatic hydroxyl groups is 1. The Morgan fingerprint density at radius 2 is 2.12 bits per heavy atom. The van der Waals surface area contributed by atoms with Crippen molar-refractivity contribution in [3.8, 4) is 0 Å². The quantitative estimate of drug-likeness (QED) is 0.674. The zero-order valence-electron chi connectivity index (χ0n) is 13.3. The highest BCUT2D eigenvalue weighted by molar-refractivity contribution is 6.30. The van der Waals surface area contributed by atoms with Crippen LogP contribution in [0.2, 0.25) is 5.02 Å². The van der Waals surface area contributed by atoms with Gasteiger partial charge in [0, 0.05) is 18.8 Å². The Morgan fingerprint density at radius 1 is 1.28 bits per heavy atom. The fourth-order valence-corrected chi connectivity index (χ4v) is 3.38. The largest absolute Gasteiger partial charge is 0.390 e. The average Bonchev–Trinajstić information content (AvgIpc) is 3.13. The monoisotopic (exact) mass is 356 g/mol. The van der Waals surface area contributed by atoms with E-state index in [2.05, 4.69) is 15.6 Å².